The molecule has 1 nitrogen and oxygen atoms in total. The topological polar surface area (TPSA) is 9.23 Å². The molecule has 0 unspecified atom stereocenters. The molecule has 0 radical (unpaired) electrons. The van der Waals surface area contributed by atoms with Gasteiger partial charge >= 0.3 is 6.18 Å². The van der Waals surface area contributed by atoms with E-state index in [1.807, 2.05) is 0 Å². The van der Waals surface area contributed by atoms with Gasteiger partial charge in [0.25, 0.3) is 0 Å². The van der Waals surface area contributed by atoms with Crippen LogP contribution in [0.1, 0.15) is 122 Å². The van der Waals surface area contributed by atoms with Crippen LogP contribution in [0.15, 0.2) is 0 Å². The molecular formula is C22H43F3O. The predicted octanol–water partition coefficient (Wildman–Crippen LogP) is 8.61. The molecule has 0 heterocycles. The Morgan fingerprint density at radius 3 is 1.23 bits per heavy atom. The van der Waals surface area contributed by atoms with Gasteiger partial charge in [-0.1, -0.05) is 96.8 Å². The molecule has 0 saturated carbocycles. The Hall–Kier alpha value is -0.250. The smallest absolute Gasteiger partial charge is 0.381 e. The Bertz CT molecular complexity index is 267. The van der Waals surface area contributed by atoms with Crippen molar-refractivity contribution in [3.8, 4) is 0 Å². The van der Waals surface area contributed by atoms with Gasteiger partial charge in [-0.3, -0.25) is 0 Å². The maximum atomic E-state index is 12.0. The summed E-state index contributed by atoms with van der Waals surface area (Å²) in [5.74, 6) is 0. The average Bonchev–Trinajstić information content (AvgIpc) is 2.59. The molecule has 0 bridgehead atoms. The first kappa shape index (κ1) is 25.8. The second-order valence-electron chi connectivity index (χ2n) is 7.63. The van der Waals surface area contributed by atoms with Crippen LogP contribution in [-0.4, -0.2) is 19.4 Å². The van der Waals surface area contributed by atoms with E-state index < -0.39 is 12.6 Å². The Morgan fingerprint density at radius 2 is 0.846 bits per heavy atom. The summed E-state index contributed by atoms with van der Waals surface area (Å²) in [7, 11) is 0. The van der Waals surface area contributed by atoms with Gasteiger partial charge in [0.15, 0.2) is 0 Å². The van der Waals surface area contributed by atoms with Crippen LogP contribution in [0.2, 0.25) is 0 Å². The number of unbranched alkanes of at least 4 members (excludes halogenated alkanes) is 15. The van der Waals surface area contributed by atoms with Gasteiger partial charge in [-0.25, -0.2) is 0 Å². The largest absolute Gasteiger partial charge is 0.389 e. The van der Waals surface area contributed by atoms with E-state index in [0.29, 0.717) is 6.42 Å². The lowest BCUT2D eigenvalue weighted by molar-refractivity contribution is -0.135. The lowest BCUT2D eigenvalue weighted by Gasteiger charge is -2.06. The van der Waals surface area contributed by atoms with E-state index in [1.54, 1.807) is 0 Å². The fourth-order valence-electron chi connectivity index (χ4n) is 3.18. The molecule has 0 atom stereocenters. The van der Waals surface area contributed by atoms with Gasteiger partial charge in [0.05, 0.1) is 0 Å². The number of ether oxygens (including phenoxy) is 1. The Kier molecular flexibility index (Phi) is 19.3. The fourth-order valence-corrected chi connectivity index (χ4v) is 3.18. The lowest BCUT2D eigenvalue weighted by Crippen LogP contribution is -2.06. The minimum Gasteiger partial charge on any atom is -0.381 e. The van der Waals surface area contributed by atoms with Gasteiger partial charge in [0, 0.05) is 19.6 Å². The fraction of sp³-hybridized carbons (Fsp3) is 1.00. The van der Waals surface area contributed by atoms with Crippen LogP contribution in [0.3, 0.4) is 0 Å². The molecule has 0 aliphatic rings. The minimum absolute atomic E-state index is 0.301. The third-order valence-corrected chi connectivity index (χ3v) is 4.89. The van der Waals surface area contributed by atoms with Crippen molar-refractivity contribution in [2.45, 2.75) is 129 Å². The highest BCUT2D eigenvalue weighted by Crippen LogP contribution is 2.23. The number of alkyl halides is 3. The Balaban J connectivity index is 3.01. The number of hydrogen-bond acceptors (Lipinski definition) is 1. The zero-order valence-corrected chi connectivity index (χ0v) is 17.2. The molecule has 0 spiro atoms. The molecule has 158 valence electrons. The summed E-state index contributed by atoms with van der Waals surface area (Å²) >= 11 is 0. The summed E-state index contributed by atoms with van der Waals surface area (Å²) in [6, 6.07) is 0. The van der Waals surface area contributed by atoms with Crippen molar-refractivity contribution < 1.29 is 17.9 Å². The molecule has 0 aromatic carbocycles. The third kappa shape index (κ3) is 23.8. The quantitative estimate of drug-likeness (QED) is 0.192. The monoisotopic (exact) mass is 380 g/mol. The van der Waals surface area contributed by atoms with Gasteiger partial charge in [-0.2, -0.15) is 13.2 Å². The van der Waals surface area contributed by atoms with Crippen LogP contribution in [0.4, 0.5) is 13.2 Å². The standard InChI is InChI=1S/C22H43F3O/c1-2-3-20-26-21-18-16-14-12-10-8-6-4-5-7-9-11-13-15-17-19-22(23,24)25/h2-21H2,1H3. The van der Waals surface area contributed by atoms with Crippen molar-refractivity contribution in [2.75, 3.05) is 13.2 Å². The highest BCUT2D eigenvalue weighted by atomic mass is 19.4. The molecule has 0 aromatic heterocycles. The predicted molar refractivity (Wildman–Crippen MR) is 106 cm³/mol. The molecular weight excluding hydrogens is 337 g/mol. The summed E-state index contributed by atoms with van der Waals surface area (Å²) in [4.78, 5) is 0. The molecule has 0 amide bonds. The second-order valence-corrected chi connectivity index (χ2v) is 7.63. The van der Waals surface area contributed by atoms with E-state index in [-0.39, 0.29) is 0 Å². The zero-order chi connectivity index (χ0) is 19.3. The summed E-state index contributed by atoms with van der Waals surface area (Å²) in [5.41, 5.74) is 0. The SMILES string of the molecule is CCCCOCCCCCCCCCCCCCCCCCC(F)(F)F. The molecule has 0 aliphatic heterocycles. The molecule has 0 fully saturated rings. The van der Waals surface area contributed by atoms with Gasteiger partial charge in [0.2, 0.25) is 0 Å². The average molecular weight is 381 g/mol. The van der Waals surface area contributed by atoms with E-state index >= 15 is 0 Å². The highest BCUT2D eigenvalue weighted by molar-refractivity contribution is 4.53. The van der Waals surface area contributed by atoms with Crippen LogP contribution in [0, 0.1) is 0 Å². The summed E-state index contributed by atoms with van der Waals surface area (Å²) in [5, 5.41) is 0. The molecule has 0 saturated heterocycles. The third-order valence-electron chi connectivity index (χ3n) is 4.89. The normalized spacial score (nSPS) is 12.0. The molecule has 4 heteroatoms. The maximum absolute atomic E-state index is 12.0. The van der Waals surface area contributed by atoms with E-state index in [4.69, 9.17) is 4.74 Å². The van der Waals surface area contributed by atoms with Crippen molar-refractivity contribution >= 4 is 0 Å². The first-order valence-electron chi connectivity index (χ1n) is 11.2. The van der Waals surface area contributed by atoms with Crippen LogP contribution >= 0.6 is 0 Å². The molecule has 0 aliphatic carbocycles. The summed E-state index contributed by atoms with van der Waals surface area (Å²) in [6.45, 7) is 4.05. The minimum atomic E-state index is -3.97. The number of halogens is 3. The van der Waals surface area contributed by atoms with Crippen molar-refractivity contribution in [1.82, 2.24) is 0 Å². The second kappa shape index (κ2) is 19.5. The molecule has 26 heavy (non-hydrogen) atoms. The van der Waals surface area contributed by atoms with E-state index in [9.17, 15) is 13.2 Å². The maximum Gasteiger partial charge on any atom is 0.389 e. The zero-order valence-electron chi connectivity index (χ0n) is 17.2. The van der Waals surface area contributed by atoms with Crippen LogP contribution in [0.5, 0.6) is 0 Å². The summed E-state index contributed by atoms with van der Waals surface area (Å²) < 4.78 is 41.5. The lowest BCUT2D eigenvalue weighted by atomic mass is 10.0. The van der Waals surface area contributed by atoms with Crippen molar-refractivity contribution in [1.29, 1.82) is 0 Å². The Labute approximate surface area is 160 Å². The summed E-state index contributed by atoms with van der Waals surface area (Å²) in [6.07, 6.45) is 15.2. The van der Waals surface area contributed by atoms with E-state index in [2.05, 4.69) is 6.92 Å². The number of hydrogen-bond donors (Lipinski definition) is 0. The van der Waals surface area contributed by atoms with Gasteiger partial charge in [0.1, 0.15) is 0 Å². The number of rotatable bonds is 20. The van der Waals surface area contributed by atoms with Crippen molar-refractivity contribution in [3.05, 3.63) is 0 Å². The van der Waals surface area contributed by atoms with E-state index in [1.165, 1.54) is 83.5 Å². The highest BCUT2D eigenvalue weighted by Gasteiger charge is 2.25. The van der Waals surface area contributed by atoms with Crippen LogP contribution in [0.25, 0.3) is 0 Å². The van der Waals surface area contributed by atoms with Crippen LogP contribution < -0.4 is 0 Å². The Morgan fingerprint density at radius 1 is 0.500 bits per heavy atom. The van der Waals surface area contributed by atoms with E-state index in [0.717, 1.165) is 32.5 Å². The van der Waals surface area contributed by atoms with Crippen molar-refractivity contribution in [2.24, 2.45) is 0 Å². The first-order valence-corrected chi connectivity index (χ1v) is 11.2. The molecule has 0 aromatic rings. The molecule has 0 rings (SSSR count). The first-order chi connectivity index (χ1) is 12.6. The van der Waals surface area contributed by atoms with Gasteiger partial charge in [-0.05, 0) is 19.3 Å². The van der Waals surface area contributed by atoms with Crippen LogP contribution in [-0.2, 0) is 4.74 Å². The molecule has 0 N–H and O–H groups in total. The van der Waals surface area contributed by atoms with Gasteiger partial charge in [-0.15, -0.1) is 0 Å². The van der Waals surface area contributed by atoms with Gasteiger partial charge < -0.3 is 4.74 Å². The van der Waals surface area contributed by atoms with Crippen molar-refractivity contribution in [3.63, 3.8) is 0 Å².